The molecule has 0 atom stereocenters. The lowest BCUT2D eigenvalue weighted by atomic mass is 10.1. The Bertz CT molecular complexity index is 726. The molecule has 0 radical (unpaired) electrons. The highest BCUT2D eigenvalue weighted by Crippen LogP contribution is 2.21. The molecule has 90 valence electrons. The van der Waals surface area contributed by atoms with E-state index in [1.807, 2.05) is 23.1 Å². The number of hydrogen-bond donors (Lipinski definition) is 0. The van der Waals surface area contributed by atoms with Gasteiger partial charge in [-0.2, -0.15) is 5.10 Å². The number of aryl methyl sites for hydroxylation is 3. The lowest BCUT2D eigenvalue weighted by Crippen LogP contribution is -2.00. The molecule has 2 aromatic heterocycles. The molecule has 3 heteroatoms. The lowest BCUT2D eigenvalue weighted by molar-refractivity contribution is 0.888. The van der Waals surface area contributed by atoms with Gasteiger partial charge in [-0.3, -0.25) is 0 Å². The van der Waals surface area contributed by atoms with Crippen LogP contribution in [0.1, 0.15) is 16.7 Å². The average molecular weight is 237 g/mol. The van der Waals surface area contributed by atoms with Crippen molar-refractivity contribution < 1.29 is 0 Å². The molecule has 1 aromatic carbocycles. The summed E-state index contributed by atoms with van der Waals surface area (Å²) in [6.45, 7) is 6.28. The first-order chi connectivity index (χ1) is 8.66. The highest BCUT2D eigenvalue weighted by Gasteiger charge is 2.09. The third kappa shape index (κ3) is 1.59. The van der Waals surface area contributed by atoms with Crippen molar-refractivity contribution >= 4 is 11.0 Å². The fourth-order valence-electron chi connectivity index (χ4n) is 2.27. The molecule has 0 N–H and O–H groups in total. The number of pyridine rings is 1. The van der Waals surface area contributed by atoms with Crippen LogP contribution in [0.2, 0.25) is 0 Å². The molecular formula is C15H15N3. The third-order valence-corrected chi connectivity index (χ3v) is 3.27. The van der Waals surface area contributed by atoms with Crippen molar-refractivity contribution in [3.8, 4) is 5.69 Å². The van der Waals surface area contributed by atoms with Crippen molar-refractivity contribution in [3.63, 3.8) is 0 Å². The fourth-order valence-corrected chi connectivity index (χ4v) is 2.27. The standard InChI is InChI=1S/C15H15N3/c1-10-4-5-14(12(3)8-10)18-15-13(9-17-18)11(2)6-7-16-15/h4-9H,1-3H3. The highest BCUT2D eigenvalue weighted by molar-refractivity contribution is 5.79. The van der Waals surface area contributed by atoms with Gasteiger partial charge in [-0.15, -0.1) is 0 Å². The van der Waals surface area contributed by atoms with E-state index in [4.69, 9.17) is 0 Å². The van der Waals surface area contributed by atoms with Gasteiger partial charge in [0, 0.05) is 11.6 Å². The Morgan fingerprint density at radius 3 is 2.61 bits per heavy atom. The average Bonchev–Trinajstić information content (AvgIpc) is 2.74. The summed E-state index contributed by atoms with van der Waals surface area (Å²) in [4.78, 5) is 4.44. The zero-order chi connectivity index (χ0) is 12.7. The molecule has 3 rings (SSSR count). The monoisotopic (exact) mass is 237 g/mol. The number of aromatic nitrogens is 3. The first-order valence-electron chi connectivity index (χ1n) is 6.04. The topological polar surface area (TPSA) is 30.7 Å². The molecular weight excluding hydrogens is 222 g/mol. The van der Waals surface area contributed by atoms with E-state index < -0.39 is 0 Å². The van der Waals surface area contributed by atoms with E-state index in [-0.39, 0.29) is 0 Å². The fraction of sp³-hybridized carbons (Fsp3) is 0.200. The molecule has 3 nitrogen and oxygen atoms in total. The van der Waals surface area contributed by atoms with Gasteiger partial charge < -0.3 is 0 Å². The number of rotatable bonds is 1. The Morgan fingerprint density at radius 2 is 1.83 bits per heavy atom. The maximum Gasteiger partial charge on any atom is 0.163 e. The number of nitrogens with zero attached hydrogens (tertiary/aromatic N) is 3. The number of fused-ring (bicyclic) bond motifs is 1. The maximum absolute atomic E-state index is 4.47. The van der Waals surface area contributed by atoms with E-state index in [1.54, 1.807) is 0 Å². The Labute approximate surface area is 106 Å². The van der Waals surface area contributed by atoms with Crippen LogP contribution in [0.15, 0.2) is 36.7 Å². The highest BCUT2D eigenvalue weighted by atomic mass is 15.3. The van der Waals surface area contributed by atoms with Gasteiger partial charge in [0.05, 0.1) is 11.9 Å². The molecule has 3 aromatic rings. The summed E-state index contributed by atoms with van der Waals surface area (Å²) in [5, 5.41) is 5.58. The van der Waals surface area contributed by atoms with Crippen LogP contribution in [0.3, 0.4) is 0 Å². The second-order valence-corrected chi connectivity index (χ2v) is 4.71. The number of hydrogen-bond acceptors (Lipinski definition) is 2. The van der Waals surface area contributed by atoms with E-state index in [0.717, 1.165) is 16.7 Å². The van der Waals surface area contributed by atoms with Crippen LogP contribution in [0.5, 0.6) is 0 Å². The van der Waals surface area contributed by atoms with Crippen molar-refractivity contribution in [1.82, 2.24) is 14.8 Å². The van der Waals surface area contributed by atoms with E-state index in [9.17, 15) is 0 Å². The quantitative estimate of drug-likeness (QED) is 0.650. The van der Waals surface area contributed by atoms with E-state index in [2.05, 4.69) is 49.1 Å². The summed E-state index contributed by atoms with van der Waals surface area (Å²) in [5.74, 6) is 0. The van der Waals surface area contributed by atoms with E-state index in [0.29, 0.717) is 0 Å². The van der Waals surface area contributed by atoms with Gasteiger partial charge in [-0.05, 0) is 44.0 Å². The predicted molar refractivity (Wildman–Crippen MR) is 73.1 cm³/mol. The molecule has 0 fully saturated rings. The first kappa shape index (κ1) is 11.0. The summed E-state index contributed by atoms with van der Waals surface area (Å²) in [6.07, 6.45) is 3.72. The molecule has 0 spiro atoms. The van der Waals surface area contributed by atoms with E-state index >= 15 is 0 Å². The minimum atomic E-state index is 0.918. The number of benzene rings is 1. The smallest absolute Gasteiger partial charge is 0.163 e. The Hall–Kier alpha value is -2.16. The second kappa shape index (κ2) is 3.95. The zero-order valence-electron chi connectivity index (χ0n) is 10.8. The maximum atomic E-state index is 4.47. The minimum Gasteiger partial charge on any atom is -0.237 e. The molecule has 0 saturated carbocycles. The third-order valence-electron chi connectivity index (χ3n) is 3.27. The van der Waals surface area contributed by atoms with Crippen LogP contribution in [0.25, 0.3) is 16.7 Å². The van der Waals surface area contributed by atoms with Gasteiger partial charge >= 0.3 is 0 Å². The molecule has 2 heterocycles. The predicted octanol–water partition coefficient (Wildman–Crippen LogP) is 3.35. The van der Waals surface area contributed by atoms with Gasteiger partial charge in [0.2, 0.25) is 0 Å². The van der Waals surface area contributed by atoms with Crippen LogP contribution in [-0.4, -0.2) is 14.8 Å². The lowest BCUT2D eigenvalue weighted by Gasteiger charge is -2.07. The molecule has 0 aliphatic carbocycles. The van der Waals surface area contributed by atoms with Crippen molar-refractivity contribution in [1.29, 1.82) is 0 Å². The van der Waals surface area contributed by atoms with Gasteiger partial charge in [0.15, 0.2) is 5.65 Å². The van der Waals surface area contributed by atoms with Crippen molar-refractivity contribution in [3.05, 3.63) is 53.3 Å². The molecule has 18 heavy (non-hydrogen) atoms. The summed E-state index contributed by atoms with van der Waals surface area (Å²) in [5.41, 5.74) is 5.69. The molecule has 0 saturated heterocycles. The van der Waals surface area contributed by atoms with E-state index in [1.165, 1.54) is 16.7 Å². The van der Waals surface area contributed by atoms with Gasteiger partial charge in [0.1, 0.15) is 0 Å². The Morgan fingerprint density at radius 1 is 1.00 bits per heavy atom. The summed E-state index contributed by atoms with van der Waals surface area (Å²) in [6, 6.07) is 8.38. The first-order valence-corrected chi connectivity index (χ1v) is 6.04. The molecule has 0 amide bonds. The van der Waals surface area contributed by atoms with Gasteiger partial charge in [-0.25, -0.2) is 9.67 Å². The minimum absolute atomic E-state index is 0.918. The van der Waals surface area contributed by atoms with Crippen LogP contribution in [-0.2, 0) is 0 Å². The molecule has 0 aliphatic heterocycles. The van der Waals surface area contributed by atoms with Crippen LogP contribution >= 0.6 is 0 Å². The van der Waals surface area contributed by atoms with Gasteiger partial charge in [-0.1, -0.05) is 17.7 Å². The Kier molecular flexibility index (Phi) is 2.40. The van der Waals surface area contributed by atoms with Crippen molar-refractivity contribution in [2.45, 2.75) is 20.8 Å². The van der Waals surface area contributed by atoms with Crippen molar-refractivity contribution in [2.75, 3.05) is 0 Å². The van der Waals surface area contributed by atoms with Crippen LogP contribution in [0.4, 0.5) is 0 Å². The molecule has 0 unspecified atom stereocenters. The van der Waals surface area contributed by atoms with Gasteiger partial charge in [0.25, 0.3) is 0 Å². The zero-order valence-corrected chi connectivity index (χ0v) is 10.8. The SMILES string of the molecule is Cc1ccc(-n2ncc3c(C)ccnc32)c(C)c1. The summed E-state index contributed by atoms with van der Waals surface area (Å²) >= 11 is 0. The van der Waals surface area contributed by atoms with Crippen molar-refractivity contribution in [2.24, 2.45) is 0 Å². The van der Waals surface area contributed by atoms with Crippen LogP contribution in [0, 0.1) is 20.8 Å². The summed E-state index contributed by atoms with van der Waals surface area (Å²) < 4.78 is 1.91. The normalized spacial score (nSPS) is 11.1. The molecule has 0 bridgehead atoms. The second-order valence-electron chi connectivity index (χ2n) is 4.71. The van der Waals surface area contributed by atoms with Crippen LogP contribution < -0.4 is 0 Å². The summed E-state index contributed by atoms with van der Waals surface area (Å²) in [7, 11) is 0. The largest absolute Gasteiger partial charge is 0.237 e. The molecule has 0 aliphatic rings. The Balaban J connectivity index is 2.29.